The maximum atomic E-state index is 11.8. The zero-order chi connectivity index (χ0) is 13.5. The fourth-order valence-electron chi connectivity index (χ4n) is 1.62. The number of hydrogen-bond acceptors (Lipinski definition) is 4. The lowest BCUT2D eigenvalue weighted by molar-refractivity contribution is -0.170. The van der Waals surface area contributed by atoms with Gasteiger partial charge in [-0.3, -0.25) is 14.4 Å². The molecular formula is C12H20O5. The number of esters is 2. The molecule has 0 atom stereocenters. The highest BCUT2D eigenvalue weighted by molar-refractivity contribution is 5.91. The van der Waals surface area contributed by atoms with Gasteiger partial charge in [0.1, 0.15) is 0 Å². The van der Waals surface area contributed by atoms with Gasteiger partial charge in [0.2, 0.25) is 0 Å². The van der Waals surface area contributed by atoms with Gasteiger partial charge in [0, 0.05) is 6.42 Å². The Bertz CT molecular complexity index is 291. The van der Waals surface area contributed by atoms with Gasteiger partial charge in [0.15, 0.2) is 0 Å². The molecule has 0 radical (unpaired) electrons. The van der Waals surface area contributed by atoms with Gasteiger partial charge < -0.3 is 9.84 Å². The van der Waals surface area contributed by atoms with E-state index in [4.69, 9.17) is 9.84 Å². The fraction of sp³-hybridized carbons (Fsp3) is 0.750. The van der Waals surface area contributed by atoms with Crippen molar-refractivity contribution in [2.75, 3.05) is 0 Å². The van der Waals surface area contributed by atoms with Crippen LogP contribution in [-0.4, -0.2) is 23.0 Å². The van der Waals surface area contributed by atoms with Crippen molar-refractivity contribution in [3.05, 3.63) is 0 Å². The zero-order valence-corrected chi connectivity index (χ0v) is 10.6. The monoisotopic (exact) mass is 244 g/mol. The molecule has 0 fully saturated rings. The van der Waals surface area contributed by atoms with Crippen LogP contribution in [-0.2, 0) is 19.1 Å². The predicted octanol–water partition coefficient (Wildman–Crippen LogP) is 2.14. The van der Waals surface area contributed by atoms with Crippen LogP contribution in [0.5, 0.6) is 0 Å². The molecule has 5 heteroatoms. The van der Waals surface area contributed by atoms with Gasteiger partial charge in [0.05, 0.1) is 11.8 Å². The van der Waals surface area contributed by atoms with Crippen LogP contribution in [0.3, 0.4) is 0 Å². The standard InChI is InChI=1S/C12H20O5/c1-4-7-10(15)17-11(16)12(5-2,6-3)8-9(13)14/h4-8H2,1-3H3,(H,13,14). The number of carboxylic acids is 1. The number of ether oxygens (including phenoxy) is 1. The molecule has 0 saturated carbocycles. The maximum absolute atomic E-state index is 11.8. The van der Waals surface area contributed by atoms with E-state index in [-0.39, 0.29) is 12.8 Å². The molecule has 0 heterocycles. The molecule has 0 aromatic carbocycles. The first kappa shape index (κ1) is 15.6. The maximum Gasteiger partial charge on any atom is 0.320 e. The number of aliphatic carboxylic acids is 1. The third-order valence-corrected chi connectivity index (χ3v) is 2.94. The molecule has 98 valence electrons. The van der Waals surface area contributed by atoms with Gasteiger partial charge >= 0.3 is 17.9 Å². The largest absolute Gasteiger partial charge is 0.481 e. The molecule has 0 aromatic rings. The van der Waals surface area contributed by atoms with Crippen molar-refractivity contribution in [1.29, 1.82) is 0 Å². The van der Waals surface area contributed by atoms with E-state index in [1.165, 1.54) is 0 Å². The van der Waals surface area contributed by atoms with E-state index < -0.39 is 23.3 Å². The van der Waals surface area contributed by atoms with Crippen molar-refractivity contribution in [2.45, 2.75) is 52.9 Å². The van der Waals surface area contributed by atoms with Crippen LogP contribution in [0.15, 0.2) is 0 Å². The van der Waals surface area contributed by atoms with Crippen molar-refractivity contribution in [3.8, 4) is 0 Å². The molecule has 0 aliphatic rings. The lowest BCUT2D eigenvalue weighted by Gasteiger charge is -2.26. The lowest BCUT2D eigenvalue weighted by atomic mass is 9.79. The van der Waals surface area contributed by atoms with Gasteiger partial charge in [-0.15, -0.1) is 0 Å². The van der Waals surface area contributed by atoms with Crippen LogP contribution in [0.4, 0.5) is 0 Å². The Balaban J connectivity index is 4.75. The molecule has 0 aliphatic carbocycles. The van der Waals surface area contributed by atoms with Crippen molar-refractivity contribution < 1.29 is 24.2 Å². The smallest absolute Gasteiger partial charge is 0.320 e. The second-order valence-corrected chi connectivity index (χ2v) is 4.07. The van der Waals surface area contributed by atoms with E-state index >= 15 is 0 Å². The average molecular weight is 244 g/mol. The summed E-state index contributed by atoms with van der Waals surface area (Å²) in [5.41, 5.74) is -1.09. The average Bonchev–Trinajstić information content (AvgIpc) is 2.25. The molecule has 0 bridgehead atoms. The number of hydrogen-bond donors (Lipinski definition) is 1. The Morgan fingerprint density at radius 1 is 1.12 bits per heavy atom. The molecule has 0 rings (SSSR count). The molecule has 0 saturated heterocycles. The summed E-state index contributed by atoms with van der Waals surface area (Å²) in [5.74, 6) is -2.37. The topological polar surface area (TPSA) is 80.7 Å². The quantitative estimate of drug-likeness (QED) is 0.548. The molecular weight excluding hydrogens is 224 g/mol. The van der Waals surface area contributed by atoms with Crippen molar-refractivity contribution >= 4 is 17.9 Å². The molecule has 0 aliphatic heterocycles. The normalized spacial score (nSPS) is 11.0. The van der Waals surface area contributed by atoms with Crippen molar-refractivity contribution in [1.82, 2.24) is 0 Å². The van der Waals surface area contributed by atoms with E-state index in [0.717, 1.165) is 0 Å². The second-order valence-electron chi connectivity index (χ2n) is 4.07. The van der Waals surface area contributed by atoms with Gasteiger partial charge in [-0.05, 0) is 19.3 Å². The van der Waals surface area contributed by atoms with Crippen LogP contribution in [0.2, 0.25) is 0 Å². The van der Waals surface area contributed by atoms with Crippen LogP contribution in [0.1, 0.15) is 52.9 Å². The van der Waals surface area contributed by atoms with Crippen LogP contribution in [0.25, 0.3) is 0 Å². The molecule has 0 unspecified atom stereocenters. The van der Waals surface area contributed by atoms with Crippen molar-refractivity contribution in [3.63, 3.8) is 0 Å². The molecule has 0 amide bonds. The highest BCUT2D eigenvalue weighted by Crippen LogP contribution is 2.32. The first-order chi connectivity index (χ1) is 7.91. The Labute approximate surface area is 101 Å². The van der Waals surface area contributed by atoms with E-state index in [1.54, 1.807) is 20.8 Å². The lowest BCUT2D eigenvalue weighted by Crippen LogP contribution is -2.35. The summed E-state index contributed by atoms with van der Waals surface area (Å²) >= 11 is 0. The Hall–Kier alpha value is -1.39. The van der Waals surface area contributed by atoms with E-state index in [1.807, 2.05) is 0 Å². The first-order valence-corrected chi connectivity index (χ1v) is 5.88. The number of carboxylic acid groups (broad SMARTS) is 1. The zero-order valence-electron chi connectivity index (χ0n) is 10.6. The highest BCUT2D eigenvalue weighted by atomic mass is 16.6. The summed E-state index contributed by atoms with van der Waals surface area (Å²) in [5, 5.41) is 8.80. The van der Waals surface area contributed by atoms with Gasteiger partial charge in [-0.2, -0.15) is 0 Å². The number of carbonyl (C=O) groups excluding carboxylic acids is 2. The summed E-state index contributed by atoms with van der Waals surface area (Å²) in [6, 6.07) is 0. The third kappa shape index (κ3) is 4.54. The summed E-state index contributed by atoms with van der Waals surface area (Å²) < 4.78 is 4.70. The summed E-state index contributed by atoms with van der Waals surface area (Å²) in [4.78, 5) is 33.8. The van der Waals surface area contributed by atoms with Crippen LogP contribution in [0, 0.1) is 5.41 Å². The minimum Gasteiger partial charge on any atom is -0.481 e. The van der Waals surface area contributed by atoms with E-state index in [2.05, 4.69) is 0 Å². The van der Waals surface area contributed by atoms with Crippen LogP contribution >= 0.6 is 0 Å². The molecule has 1 N–H and O–H groups in total. The predicted molar refractivity (Wildman–Crippen MR) is 61.3 cm³/mol. The van der Waals surface area contributed by atoms with Gasteiger partial charge in [-0.25, -0.2) is 0 Å². The van der Waals surface area contributed by atoms with Gasteiger partial charge in [-0.1, -0.05) is 20.8 Å². The van der Waals surface area contributed by atoms with Crippen molar-refractivity contribution in [2.24, 2.45) is 5.41 Å². The Morgan fingerprint density at radius 3 is 2.00 bits per heavy atom. The van der Waals surface area contributed by atoms with Crippen LogP contribution < -0.4 is 0 Å². The van der Waals surface area contributed by atoms with E-state index in [9.17, 15) is 14.4 Å². The Kier molecular flexibility index (Phi) is 6.46. The summed E-state index contributed by atoms with van der Waals surface area (Å²) in [6.07, 6.45) is 1.14. The highest BCUT2D eigenvalue weighted by Gasteiger charge is 2.39. The molecule has 0 aromatic heterocycles. The number of carbonyl (C=O) groups is 3. The summed E-state index contributed by atoms with van der Waals surface area (Å²) in [6.45, 7) is 5.24. The minimum absolute atomic E-state index is 0.169. The van der Waals surface area contributed by atoms with Gasteiger partial charge in [0.25, 0.3) is 0 Å². The fourth-order valence-corrected chi connectivity index (χ4v) is 1.62. The van der Waals surface area contributed by atoms with E-state index in [0.29, 0.717) is 19.3 Å². The number of rotatable bonds is 7. The molecule has 17 heavy (non-hydrogen) atoms. The third-order valence-electron chi connectivity index (χ3n) is 2.94. The first-order valence-electron chi connectivity index (χ1n) is 5.88. The second kappa shape index (κ2) is 7.04. The molecule has 0 spiro atoms. The minimum atomic E-state index is -1.09. The molecule has 5 nitrogen and oxygen atoms in total. The summed E-state index contributed by atoms with van der Waals surface area (Å²) in [7, 11) is 0. The Morgan fingerprint density at radius 2 is 1.65 bits per heavy atom. The SMILES string of the molecule is CCCC(=O)OC(=O)C(CC)(CC)CC(=O)O.